The van der Waals surface area contributed by atoms with Crippen LogP contribution in [0.5, 0.6) is 0 Å². The van der Waals surface area contributed by atoms with E-state index < -0.39 is 0 Å². The first kappa shape index (κ1) is 17.0. The first-order chi connectivity index (χ1) is 11.7. The maximum atomic E-state index is 12.8. The number of benzene rings is 1. The predicted octanol–water partition coefficient (Wildman–Crippen LogP) is 3.81. The van der Waals surface area contributed by atoms with E-state index in [2.05, 4.69) is 11.9 Å². The molecule has 0 aliphatic carbocycles. The fraction of sp³-hybridized carbons (Fsp3) is 0.579. The summed E-state index contributed by atoms with van der Waals surface area (Å²) in [7, 11) is 0. The molecule has 3 rings (SSSR count). The quantitative estimate of drug-likeness (QED) is 0.774. The normalized spacial score (nSPS) is 17.5. The van der Waals surface area contributed by atoms with Gasteiger partial charge in [0, 0.05) is 31.7 Å². The van der Waals surface area contributed by atoms with Gasteiger partial charge in [0.1, 0.15) is 5.52 Å². The van der Waals surface area contributed by atoms with E-state index in [1.54, 1.807) is 0 Å². The van der Waals surface area contributed by atoms with Crippen molar-refractivity contribution in [3.63, 3.8) is 0 Å². The Morgan fingerprint density at radius 1 is 1.38 bits per heavy atom. The summed E-state index contributed by atoms with van der Waals surface area (Å²) in [4.78, 5) is 19.2. The van der Waals surface area contributed by atoms with Crippen molar-refractivity contribution in [1.82, 2.24) is 9.88 Å². The maximum Gasteiger partial charge on any atom is 0.254 e. The van der Waals surface area contributed by atoms with Gasteiger partial charge in [0.2, 0.25) is 0 Å². The average Bonchev–Trinajstić information content (AvgIpc) is 3.25. The molecular weight excluding hydrogens is 304 g/mol. The first-order valence-electron chi connectivity index (χ1n) is 9.01. The zero-order valence-corrected chi connectivity index (χ0v) is 14.6. The standard InChI is InChI=1S/C19H26N2O3/c1-3-5-8-18-20-16-12-14(9-10-17(16)24-18)19(22)21(4-2)13-15-7-6-11-23-15/h9-10,12,15H,3-8,11,13H2,1-2H3. The molecule has 2 aromatic rings. The highest BCUT2D eigenvalue weighted by Gasteiger charge is 2.23. The van der Waals surface area contributed by atoms with E-state index in [4.69, 9.17) is 9.15 Å². The Kier molecular flexibility index (Phi) is 5.51. The van der Waals surface area contributed by atoms with Crippen LogP contribution in [0, 0.1) is 0 Å². The molecule has 1 aromatic carbocycles. The monoisotopic (exact) mass is 330 g/mol. The zero-order chi connectivity index (χ0) is 16.9. The number of unbranched alkanes of at least 4 members (excludes halogenated alkanes) is 1. The molecule has 0 saturated carbocycles. The summed E-state index contributed by atoms with van der Waals surface area (Å²) in [6.45, 7) is 6.30. The van der Waals surface area contributed by atoms with E-state index in [1.165, 1.54) is 0 Å². The number of carbonyl (C=O) groups is 1. The molecule has 0 bridgehead atoms. The van der Waals surface area contributed by atoms with Gasteiger partial charge in [0.25, 0.3) is 5.91 Å². The largest absolute Gasteiger partial charge is 0.441 e. The molecule has 1 fully saturated rings. The molecular formula is C19H26N2O3. The van der Waals surface area contributed by atoms with Crippen LogP contribution >= 0.6 is 0 Å². The Morgan fingerprint density at radius 3 is 2.96 bits per heavy atom. The number of hydrogen-bond acceptors (Lipinski definition) is 4. The molecule has 1 aliphatic heterocycles. The van der Waals surface area contributed by atoms with Crippen molar-refractivity contribution < 1.29 is 13.9 Å². The van der Waals surface area contributed by atoms with Gasteiger partial charge in [-0.15, -0.1) is 0 Å². The smallest absolute Gasteiger partial charge is 0.254 e. The van der Waals surface area contributed by atoms with E-state index in [-0.39, 0.29) is 12.0 Å². The third-order valence-electron chi connectivity index (χ3n) is 4.54. The van der Waals surface area contributed by atoms with Crippen molar-refractivity contribution in [1.29, 1.82) is 0 Å². The van der Waals surface area contributed by atoms with Crippen molar-refractivity contribution in [2.75, 3.05) is 19.7 Å². The number of carbonyl (C=O) groups excluding carboxylic acids is 1. The lowest BCUT2D eigenvalue weighted by Crippen LogP contribution is -2.37. The number of nitrogens with zero attached hydrogens (tertiary/aromatic N) is 2. The number of ether oxygens (including phenoxy) is 1. The number of aromatic nitrogens is 1. The van der Waals surface area contributed by atoms with Crippen LogP contribution in [-0.4, -0.2) is 41.6 Å². The summed E-state index contributed by atoms with van der Waals surface area (Å²) in [6.07, 6.45) is 5.30. The molecule has 5 nitrogen and oxygen atoms in total. The van der Waals surface area contributed by atoms with Gasteiger partial charge in [0.15, 0.2) is 11.5 Å². The first-order valence-corrected chi connectivity index (χ1v) is 9.01. The lowest BCUT2D eigenvalue weighted by molar-refractivity contribution is 0.0539. The van der Waals surface area contributed by atoms with E-state index >= 15 is 0 Å². The van der Waals surface area contributed by atoms with Crippen molar-refractivity contribution in [2.24, 2.45) is 0 Å². The molecule has 130 valence electrons. The molecule has 0 radical (unpaired) electrons. The van der Waals surface area contributed by atoms with E-state index in [0.29, 0.717) is 18.7 Å². The summed E-state index contributed by atoms with van der Waals surface area (Å²) < 4.78 is 11.4. The van der Waals surface area contributed by atoms with Gasteiger partial charge in [-0.2, -0.15) is 0 Å². The van der Waals surface area contributed by atoms with E-state index in [0.717, 1.165) is 55.7 Å². The van der Waals surface area contributed by atoms with Gasteiger partial charge in [-0.3, -0.25) is 4.79 Å². The molecule has 0 N–H and O–H groups in total. The number of amides is 1. The van der Waals surface area contributed by atoms with E-state index in [9.17, 15) is 4.79 Å². The topological polar surface area (TPSA) is 55.6 Å². The van der Waals surface area contributed by atoms with Crippen molar-refractivity contribution in [3.05, 3.63) is 29.7 Å². The SMILES string of the molecule is CCCCc1nc2cc(C(=O)N(CC)CC3CCCO3)ccc2o1. The minimum absolute atomic E-state index is 0.0352. The molecule has 24 heavy (non-hydrogen) atoms. The number of fused-ring (bicyclic) bond motifs is 1. The summed E-state index contributed by atoms with van der Waals surface area (Å²) in [5.74, 6) is 0.788. The summed E-state index contributed by atoms with van der Waals surface area (Å²) in [6, 6.07) is 5.53. The average molecular weight is 330 g/mol. The molecule has 1 aliphatic rings. The highest BCUT2D eigenvalue weighted by molar-refractivity contribution is 5.97. The van der Waals surface area contributed by atoms with Crippen LogP contribution in [0.25, 0.3) is 11.1 Å². The second-order valence-electron chi connectivity index (χ2n) is 6.37. The maximum absolute atomic E-state index is 12.8. The highest BCUT2D eigenvalue weighted by atomic mass is 16.5. The Hall–Kier alpha value is -1.88. The molecule has 2 heterocycles. The van der Waals surface area contributed by atoms with E-state index in [1.807, 2.05) is 30.0 Å². The van der Waals surface area contributed by atoms with Crippen LogP contribution in [0.3, 0.4) is 0 Å². The molecule has 1 amide bonds. The Bertz CT molecular complexity index is 689. The van der Waals surface area contributed by atoms with Crippen LogP contribution < -0.4 is 0 Å². The summed E-state index contributed by atoms with van der Waals surface area (Å²) in [5.41, 5.74) is 2.18. The number of hydrogen-bond donors (Lipinski definition) is 0. The minimum atomic E-state index is 0.0352. The van der Waals surface area contributed by atoms with Gasteiger partial charge in [0.05, 0.1) is 6.10 Å². The second kappa shape index (κ2) is 7.79. The minimum Gasteiger partial charge on any atom is -0.441 e. The number of likely N-dealkylation sites (N-methyl/N-ethyl adjacent to an activating group) is 1. The molecule has 1 saturated heterocycles. The van der Waals surface area contributed by atoms with Crippen molar-refractivity contribution in [2.45, 2.75) is 52.1 Å². The fourth-order valence-corrected chi connectivity index (χ4v) is 3.12. The van der Waals surface area contributed by atoms with Gasteiger partial charge in [-0.1, -0.05) is 13.3 Å². The van der Waals surface area contributed by atoms with Gasteiger partial charge >= 0.3 is 0 Å². The fourth-order valence-electron chi connectivity index (χ4n) is 3.12. The Labute approximate surface area is 143 Å². The second-order valence-corrected chi connectivity index (χ2v) is 6.37. The zero-order valence-electron chi connectivity index (χ0n) is 14.6. The van der Waals surface area contributed by atoms with Gasteiger partial charge < -0.3 is 14.1 Å². The van der Waals surface area contributed by atoms with Crippen molar-refractivity contribution in [3.8, 4) is 0 Å². The molecule has 1 atom stereocenters. The summed E-state index contributed by atoms with van der Waals surface area (Å²) >= 11 is 0. The third kappa shape index (κ3) is 3.78. The number of oxazole rings is 1. The number of aryl methyl sites for hydroxylation is 1. The van der Waals surface area contributed by atoms with Crippen LogP contribution in [0.4, 0.5) is 0 Å². The highest BCUT2D eigenvalue weighted by Crippen LogP contribution is 2.20. The van der Waals surface area contributed by atoms with Gasteiger partial charge in [-0.05, 0) is 44.4 Å². The Morgan fingerprint density at radius 2 is 2.25 bits per heavy atom. The lowest BCUT2D eigenvalue weighted by atomic mass is 10.1. The molecule has 1 aromatic heterocycles. The van der Waals surface area contributed by atoms with Gasteiger partial charge in [-0.25, -0.2) is 4.98 Å². The molecule has 5 heteroatoms. The van der Waals surface area contributed by atoms with Crippen LogP contribution in [0.15, 0.2) is 22.6 Å². The molecule has 0 spiro atoms. The number of rotatable bonds is 7. The Balaban J connectivity index is 1.75. The molecule has 1 unspecified atom stereocenters. The van der Waals surface area contributed by atoms with Crippen molar-refractivity contribution >= 4 is 17.0 Å². The van der Waals surface area contributed by atoms with Crippen LogP contribution in [-0.2, 0) is 11.2 Å². The lowest BCUT2D eigenvalue weighted by Gasteiger charge is -2.24. The summed E-state index contributed by atoms with van der Waals surface area (Å²) in [5, 5.41) is 0. The van der Waals surface area contributed by atoms with Crippen LogP contribution in [0.2, 0.25) is 0 Å². The van der Waals surface area contributed by atoms with Crippen LogP contribution in [0.1, 0.15) is 55.8 Å². The predicted molar refractivity (Wildman–Crippen MR) is 93.2 cm³/mol. The third-order valence-corrected chi connectivity index (χ3v) is 4.54.